The van der Waals surface area contributed by atoms with Gasteiger partial charge < -0.3 is 29.6 Å². The highest BCUT2D eigenvalue weighted by molar-refractivity contribution is 7.80. The van der Waals surface area contributed by atoms with Crippen LogP contribution in [0.1, 0.15) is 40.3 Å². The molecule has 0 bridgehead atoms. The number of thiocarbonyl (C=S) groups is 1. The number of aryl methyl sites for hydroxylation is 2. The van der Waals surface area contributed by atoms with E-state index in [1.165, 1.54) is 24.1 Å². The molecule has 1 fully saturated rings. The first kappa shape index (κ1) is 25.8. The summed E-state index contributed by atoms with van der Waals surface area (Å²) in [5.41, 5.74) is 7.08. The molecule has 1 aromatic carbocycles. The van der Waals surface area contributed by atoms with E-state index < -0.39 is 0 Å². The Hall–Kier alpha value is -3.27. The van der Waals surface area contributed by atoms with Gasteiger partial charge in [0.2, 0.25) is 5.91 Å². The lowest BCUT2D eigenvalue weighted by atomic mass is 9.96. The minimum atomic E-state index is -0.191. The minimum absolute atomic E-state index is 0.00778. The molecule has 4 rings (SSSR count). The fourth-order valence-electron chi connectivity index (χ4n) is 4.86. The quantitative estimate of drug-likeness (QED) is 0.420. The van der Waals surface area contributed by atoms with Gasteiger partial charge in [0.25, 0.3) is 0 Å². The van der Waals surface area contributed by atoms with E-state index in [1.807, 2.05) is 49.5 Å². The predicted octanol–water partition coefficient (Wildman–Crippen LogP) is 4.22. The summed E-state index contributed by atoms with van der Waals surface area (Å²) < 4.78 is 12.6. The number of methoxy groups -OCH3 is 2. The molecule has 1 aliphatic rings. The number of amides is 1. The van der Waals surface area contributed by atoms with Crippen LogP contribution in [-0.4, -0.2) is 48.0 Å². The molecule has 1 amide bonds. The van der Waals surface area contributed by atoms with Crippen molar-refractivity contribution in [3.8, 4) is 0 Å². The van der Waals surface area contributed by atoms with Crippen LogP contribution >= 0.6 is 12.2 Å². The number of nitrogens with one attached hydrogen (secondary N) is 2. The topological polar surface area (TPSA) is 80.7 Å². The minimum Gasteiger partial charge on any atom is -0.383 e. The Morgan fingerprint density at radius 3 is 2.61 bits per heavy atom. The molecule has 0 radical (unpaired) electrons. The highest BCUT2D eigenvalue weighted by Crippen LogP contribution is 2.43. The number of anilines is 2. The highest BCUT2D eigenvalue weighted by Gasteiger charge is 2.42. The lowest BCUT2D eigenvalue weighted by molar-refractivity contribution is -0.119. The lowest BCUT2D eigenvalue weighted by Gasteiger charge is -2.29. The molecule has 0 spiro atoms. The van der Waals surface area contributed by atoms with Gasteiger partial charge >= 0.3 is 0 Å². The first-order valence-corrected chi connectivity index (χ1v) is 12.3. The molecule has 36 heavy (non-hydrogen) atoms. The van der Waals surface area contributed by atoms with Gasteiger partial charge in [-0.2, -0.15) is 0 Å². The van der Waals surface area contributed by atoms with Gasteiger partial charge in [0, 0.05) is 49.7 Å². The van der Waals surface area contributed by atoms with Crippen molar-refractivity contribution in [2.45, 2.75) is 39.4 Å². The van der Waals surface area contributed by atoms with Crippen molar-refractivity contribution in [3.05, 3.63) is 76.9 Å². The van der Waals surface area contributed by atoms with Crippen LogP contribution in [0.3, 0.4) is 0 Å². The van der Waals surface area contributed by atoms with Crippen molar-refractivity contribution in [3.63, 3.8) is 0 Å². The molecule has 2 atom stereocenters. The standard InChI is InChI=1S/C27H33N5O3S/c1-17-14-20(9-10-22(17)29-24(33)16-35-5)32-26(21-15-18(2)31(19(21)3)12-13-34-4)25(30-27(32)36)23-8-6-7-11-28-23/h6-11,14-15,25-26H,12-13,16H2,1-5H3,(H,29,33)(H,30,36)/t25-,26-/m1/s1. The molecule has 3 heterocycles. The van der Waals surface area contributed by atoms with Crippen molar-refractivity contribution in [1.29, 1.82) is 0 Å². The molecule has 9 heteroatoms. The zero-order chi connectivity index (χ0) is 25.8. The summed E-state index contributed by atoms with van der Waals surface area (Å²) in [5, 5.41) is 7.06. The van der Waals surface area contributed by atoms with Crippen LogP contribution in [0.5, 0.6) is 0 Å². The molecule has 0 saturated carbocycles. The lowest BCUT2D eigenvalue weighted by Crippen LogP contribution is -2.29. The molecule has 1 aliphatic heterocycles. The molecule has 1 saturated heterocycles. The number of nitrogens with zero attached hydrogens (tertiary/aromatic N) is 3. The van der Waals surface area contributed by atoms with Gasteiger partial charge in [0.05, 0.1) is 24.4 Å². The zero-order valence-corrected chi connectivity index (χ0v) is 22.2. The second-order valence-corrected chi connectivity index (χ2v) is 9.33. The maximum Gasteiger partial charge on any atom is 0.250 e. The number of hydrogen-bond acceptors (Lipinski definition) is 5. The molecule has 2 aromatic heterocycles. The summed E-state index contributed by atoms with van der Waals surface area (Å²) in [6, 6.07) is 13.9. The monoisotopic (exact) mass is 507 g/mol. The fraction of sp³-hybridized carbons (Fsp3) is 0.370. The Kier molecular flexibility index (Phi) is 8.03. The normalized spacial score (nSPS) is 17.4. The van der Waals surface area contributed by atoms with Crippen LogP contribution in [0, 0.1) is 20.8 Å². The van der Waals surface area contributed by atoms with Crippen molar-refractivity contribution in [1.82, 2.24) is 14.9 Å². The molecule has 190 valence electrons. The Morgan fingerprint density at radius 1 is 1.14 bits per heavy atom. The number of pyridine rings is 1. The largest absolute Gasteiger partial charge is 0.383 e. The molecule has 0 aliphatic carbocycles. The van der Waals surface area contributed by atoms with Crippen molar-refractivity contribution >= 4 is 34.6 Å². The Labute approximate surface area is 217 Å². The Bertz CT molecular complexity index is 1240. The Morgan fingerprint density at radius 2 is 1.94 bits per heavy atom. The van der Waals surface area contributed by atoms with Gasteiger partial charge in [-0.15, -0.1) is 0 Å². The highest BCUT2D eigenvalue weighted by atomic mass is 32.1. The van der Waals surface area contributed by atoms with Crippen LogP contribution in [-0.2, 0) is 20.8 Å². The van der Waals surface area contributed by atoms with Crippen LogP contribution in [0.2, 0.25) is 0 Å². The van der Waals surface area contributed by atoms with Crippen LogP contribution in [0.4, 0.5) is 11.4 Å². The average molecular weight is 508 g/mol. The third-order valence-electron chi connectivity index (χ3n) is 6.59. The summed E-state index contributed by atoms with van der Waals surface area (Å²) in [6.45, 7) is 7.66. The van der Waals surface area contributed by atoms with Crippen LogP contribution in [0.25, 0.3) is 0 Å². The first-order valence-electron chi connectivity index (χ1n) is 11.9. The van der Waals surface area contributed by atoms with E-state index in [2.05, 4.69) is 45.0 Å². The maximum atomic E-state index is 12.0. The number of ether oxygens (including phenoxy) is 2. The molecule has 3 aromatic rings. The second-order valence-electron chi connectivity index (χ2n) is 8.95. The predicted molar refractivity (Wildman–Crippen MR) is 145 cm³/mol. The molecule has 8 nitrogen and oxygen atoms in total. The van der Waals surface area contributed by atoms with Gasteiger partial charge in [0.1, 0.15) is 6.61 Å². The van der Waals surface area contributed by atoms with E-state index in [9.17, 15) is 4.79 Å². The second kappa shape index (κ2) is 11.2. The van der Waals surface area contributed by atoms with Crippen molar-refractivity contribution in [2.75, 3.05) is 37.7 Å². The summed E-state index contributed by atoms with van der Waals surface area (Å²) in [6.07, 6.45) is 1.81. The number of benzene rings is 1. The molecule has 0 unspecified atom stereocenters. The smallest absolute Gasteiger partial charge is 0.250 e. The maximum absolute atomic E-state index is 12.0. The molecular weight excluding hydrogens is 474 g/mol. The van der Waals surface area contributed by atoms with Crippen LogP contribution < -0.4 is 15.5 Å². The van der Waals surface area contributed by atoms with Gasteiger partial charge in [-0.3, -0.25) is 9.78 Å². The van der Waals surface area contributed by atoms with E-state index in [0.29, 0.717) is 11.7 Å². The van der Waals surface area contributed by atoms with E-state index in [4.69, 9.17) is 21.7 Å². The number of hydrogen-bond donors (Lipinski definition) is 2. The van der Waals surface area contributed by atoms with Crippen molar-refractivity contribution in [2.24, 2.45) is 0 Å². The third-order valence-corrected chi connectivity index (χ3v) is 6.90. The summed E-state index contributed by atoms with van der Waals surface area (Å²) in [5.74, 6) is -0.191. The molecular formula is C27H33N5O3S. The molecule has 2 N–H and O–H groups in total. The number of carbonyl (C=O) groups excluding carboxylic acids is 1. The van der Waals surface area contributed by atoms with E-state index >= 15 is 0 Å². The van der Waals surface area contributed by atoms with Gasteiger partial charge in [-0.1, -0.05) is 6.07 Å². The van der Waals surface area contributed by atoms with Crippen molar-refractivity contribution < 1.29 is 14.3 Å². The van der Waals surface area contributed by atoms with E-state index in [1.54, 1.807) is 7.11 Å². The fourth-order valence-corrected chi connectivity index (χ4v) is 5.20. The summed E-state index contributed by atoms with van der Waals surface area (Å²) in [4.78, 5) is 18.9. The Balaban J connectivity index is 1.77. The first-order chi connectivity index (χ1) is 17.3. The number of aromatic nitrogens is 2. The SMILES string of the molecule is COCCn1c(C)cc([C@@H]2[C@@H](c3ccccn3)NC(=S)N2c2ccc(NC(=O)COC)c(C)c2)c1C. The van der Waals surface area contributed by atoms with Crippen LogP contribution in [0.15, 0.2) is 48.7 Å². The van der Waals surface area contributed by atoms with Gasteiger partial charge in [0.15, 0.2) is 5.11 Å². The number of carbonyl (C=O) groups is 1. The summed E-state index contributed by atoms with van der Waals surface area (Å²) in [7, 11) is 3.22. The third kappa shape index (κ3) is 5.13. The van der Waals surface area contributed by atoms with Gasteiger partial charge in [-0.25, -0.2) is 0 Å². The van der Waals surface area contributed by atoms with E-state index in [0.717, 1.165) is 29.2 Å². The van der Waals surface area contributed by atoms with E-state index in [-0.39, 0.29) is 24.6 Å². The zero-order valence-electron chi connectivity index (χ0n) is 21.4. The average Bonchev–Trinajstić information content (AvgIpc) is 3.35. The van der Waals surface area contributed by atoms with Gasteiger partial charge in [-0.05, 0) is 80.5 Å². The number of rotatable bonds is 9. The summed E-state index contributed by atoms with van der Waals surface area (Å²) >= 11 is 5.88.